The van der Waals surface area contributed by atoms with E-state index >= 15 is 0 Å². The van der Waals surface area contributed by atoms with Gasteiger partial charge in [0.25, 0.3) is 5.91 Å². The van der Waals surface area contributed by atoms with Crippen LogP contribution in [0.25, 0.3) is 0 Å². The van der Waals surface area contributed by atoms with Crippen molar-refractivity contribution in [2.75, 3.05) is 6.54 Å². The normalized spacial score (nSPS) is 12.2. The monoisotopic (exact) mass is 228 g/mol. The topological polar surface area (TPSA) is 113 Å². The van der Waals surface area contributed by atoms with Crippen LogP contribution in [0.5, 0.6) is 0 Å². The summed E-state index contributed by atoms with van der Waals surface area (Å²) in [6.07, 6.45) is -1.62. The van der Waals surface area contributed by atoms with Gasteiger partial charge in [0.05, 0.1) is 12.2 Å². The van der Waals surface area contributed by atoms with Crippen LogP contribution in [-0.4, -0.2) is 39.9 Å². The molecule has 16 heavy (non-hydrogen) atoms. The highest BCUT2D eigenvalue weighted by Gasteiger charge is 2.19. The highest BCUT2D eigenvalue weighted by Crippen LogP contribution is 2.11. The average molecular weight is 228 g/mol. The quantitative estimate of drug-likeness (QED) is 0.638. The van der Waals surface area contributed by atoms with E-state index in [-0.39, 0.29) is 12.1 Å². The Morgan fingerprint density at radius 3 is 2.56 bits per heavy atom. The van der Waals surface area contributed by atoms with Gasteiger partial charge in [0.1, 0.15) is 11.3 Å². The van der Waals surface area contributed by atoms with E-state index in [0.29, 0.717) is 11.5 Å². The largest absolute Gasteiger partial charge is 0.479 e. The fourth-order valence-corrected chi connectivity index (χ4v) is 1.17. The molecule has 1 atom stereocenters. The molecule has 1 aromatic heterocycles. The second-order valence-electron chi connectivity index (χ2n) is 3.26. The molecule has 0 spiro atoms. The number of carboxylic acid groups (broad SMARTS) is 1. The Hall–Kier alpha value is -1.89. The molecule has 0 fully saturated rings. The first kappa shape index (κ1) is 12.2. The number of aromatic nitrogens is 1. The molecule has 0 aliphatic heterocycles. The smallest absolute Gasteiger partial charge is 0.334 e. The lowest BCUT2D eigenvalue weighted by atomic mass is 10.2. The van der Waals surface area contributed by atoms with Crippen molar-refractivity contribution < 1.29 is 24.3 Å². The molecular formula is C9H12N2O5. The van der Waals surface area contributed by atoms with Crippen molar-refractivity contribution in [3.63, 3.8) is 0 Å². The van der Waals surface area contributed by atoms with Crippen molar-refractivity contribution in [3.05, 3.63) is 17.0 Å². The van der Waals surface area contributed by atoms with Crippen LogP contribution in [-0.2, 0) is 4.79 Å². The van der Waals surface area contributed by atoms with Gasteiger partial charge in [0.15, 0.2) is 6.10 Å². The van der Waals surface area contributed by atoms with Gasteiger partial charge in [-0.1, -0.05) is 5.16 Å². The van der Waals surface area contributed by atoms with Crippen LogP contribution in [0.2, 0.25) is 0 Å². The summed E-state index contributed by atoms with van der Waals surface area (Å²) in [6, 6.07) is 0. The molecule has 1 aromatic rings. The summed E-state index contributed by atoms with van der Waals surface area (Å²) in [5.41, 5.74) is 0.678. The summed E-state index contributed by atoms with van der Waals surface area (Å²) < 4.78 is 4.78. The molecule has 0 saturated heterocycles. The van der Waals surface area contributed by atoms with Crippen LogP contribution in [0.15, 0.2) is 4.52 Å². The number of aliphatic hydroxyl groups is 1. The molecule has 7 nitrogen and oxygen atoms in total. The maximum absolute atomic E-state index is 11.6. The van der Waals surface area contributed by atoms with Gasteiger partial charge in [0.2, 0.25) is 0 Å². The number of aryl methyl sites for hydroxylation is 2. The van der Waals surface area contributed by atoms with E-state index in [1.807, 2.05) is 0 Å². The van der Waals surface area contributed by atoms with Crippen molar-refractivity contribution in [2.24, 2.45) is 0 Å². The number of hydrogen-bond donors (Lipinski definition) is 3. The lowest BCUT2D eigenvalue weighted by Crippen LogP contribution is -2.36. The second kappa shape index (κ2) is 4.75. The molecule has 0 aliphatic carbocycles. The molecule has 0 aliphatic rings. The minimum absolute atomic E-state index is 0.262. The lowest BCUT2D eigenvalue weighted by molar-refractivity contribution is -0.146. The first-order valence-corrected chi connectivity index (χ1v) is 4.55. The first-order valence-electron chi connectivity index (χ1n) is 4.55. The minimum Gasteiger partial charge on any atom is -0.479 e. The number of aliphatic carboxylic acids is 1. The van der Waals surface area contributed by atoms with Gasteiger partial charge < -0.3 is 20.1 Å². The van der Waals surface area contributed by atoms with Gasteiger partial charge in [0, 0.05) is 0 Å². The molecule has 3 N–H and O–H groups in total. The number of aliphatic hydroxyl groups excluding tert-OH is 1. The maximum atomic E-state index is 11.6. The number of carbonyl (C=O) groups excluding carboxylic acids is 1. The van der Waals surface area contributed by atoms with Crippen molar-refractivity contribution in [3.8, 4) is 0 Å². The first-order chi connectivity index (χ1) is 7.43. The molecule has 0 aromatic carbocycles. The number of hydrogen-bond acceptors (Lipinski definition) is 5. The Labute approximate surface area is 91.0 Å². The highest BCUT2D eigenvalue weighted by molar-refractivity contribution is 5.96. The second-order valence-corrected chi connectivity index (χ2v) is 3.26. The molecule has 1 unspecified atom stereocenters. The van der Waals surface area contributed by atoms with Crippen molar-refractivity contribution in [2.45, 2.75) is 20.0 Å². The summed E-state index contributed by atoms with van der Waals surface area (Å²) >= 11 is 0. The predicted molar refractivity (Wildman–Crippen MR) is 52.0 cm³/mol. The van der Waals surface area contributed by atoms with Crippen LogP contribution >= 0.6 is 0 Å². The van der Waals surface area contributed by atoms with Crippen LogP contribution < -0.4 is 5.32 Å². The van der Waals surface area contributed by atoms with Crippen LogP contribution in [0.4, 0.5) is 0 Å². The minimum atomic E-state index is -1.62. The summed E-state index contributed by atoms with van der Waals surface area (Å²) in [5, 5.41) is 23.2. The number of carboxylic acids is 1. The number of nitrogens with one attached hydrogen (secondary N) is 1. The Morgan fingerprint density at radius 2 is 2.12 bits per heavy atom. The van der Waals surface area contributed by atoms with Gasteiger partial charge in [-0.3, -0.25) is 4.79 Å². The number of carbonyl (C=O) groups is 2. The Bertz CT molecular complexity index is 393. The third-order valence-electron chi connectivity index (χ3n) is 2.00. The molecule has 1 amide bonds. The average Bonchev–Trinajstić information content (AvgIpc) is 2.54. The molecule has 0 bridgehead atoms. The zero-order valence-corrected chi connectivity index (χ0v) is 8.85. The fraction of sp³-hybridized carbons (Fsp3) is 0.444. The molecule has 0 radical (unpaired) electrons. The molecule has 1 heterocycles. The molecule has 7 heteroatoms. The standard InChI is InChI=1S/C9H12N2O5/c1-4-7(5(2)16-11-4)8(13)10-3-6(12)9(14)15/h6,12H,3H2,1-2H3,(H,10,13)(H,14,15). The van der Waals surface area contributed by atoms with Gasteiger partial charge in [-0.25, -0.2) is 4.79 Å². The van der Waals surface area contributed by atoms with Gasteiger partial charge in [-0.05, 0) is 13.8 Å². The van der Waals surface area contributed by atoms with Crippen molar-refractivity contribution in [1.29, 1.82) is 0 Å². The summed E-state index contributed by atoms with van der Waals surface area (Å²) in [4.78, 5) is 21.9. The Morgan fingerprint density at radius 1 is 1.50 bits per heavy atom. The van der Waals surface area contributed by atoms with E-state index in [9.17, 15) is 9.59 Å². The molecular weight excluding hydrogens is 216 g/mol. The highest BCUT2D eigenvalue weighted by atomic mass is 16.5. The van der Waals surface area contributed by atoms with Crippen LogP contribution in [0, 0.1) is 13.8 Å². The number of nitrogens with zero attached hydrogens (tertiary/aromatic N) is 1. The van der Waals surface area contributed by atoms with Gasteiger partial charge in [-0.2, -0.15) is 0 Å². The van der Waals surface area contributed by atoms with E-state index < -0.39 is 18.0 Å². The zero-order chi connectivity index (χ0) is 12.3. The van der Waals surface area contributed by atoms with Crippen LogP contribution in [0.1, 0.15) is 21.8 Å². The third kappa shape index (κ3) is 2.57. The molecule has 88 valence electrons. The van der Waals surface area contributed by atoms with E-state index in [4.69, 9.17) is 14.7 Å². The summed E-state index contributed by atoms with van der Waals surface area (Å²) in [7, 11) is 0. The summed E-state index contributed by atoms with van der Waals surface area (Å²) in [5.74, 6) is -1.56. The SMILES string of the molecule is Cc1noc(C)c1C(=O)NCC(O)C(=O)O. The third-order valence-corrected chi connectivity index (χ3v) is 2.00. The lowest BCUT2D eigenvalue weighted by Gasteiger charge is -2.07. The van der Waals surface area contributed by atoms with E-state index in [1.54, 1.807) is 13.8 Å². The van der Waals surface area contributed by atoms with Crippen molar-refractivity contribution >= 4 is 11.9 Å². The van der Waals surface area contributed by atoms with E-state index in [2.05, 4.69) is 10.5 Å². The van der Waals surface area contributed by atoms with E-state index in [0.717, 1.165) is 0 Å². The maximum Gasteiger partial charge on any atom is 0.334 e. The Balaban J connectivity index is 2.63. The predicted octanol–water partition coefficient (Wildman–Crippen LogP) is -0.533. The van der Waals surface area contributed by atoms with Crippen molar-refractivity contribution in [1.82, 2.24) is 10.5 Å². The van der Waals surface area contributed by atoms with Crippen LogP contribution in [0.3, 0.4) is 0 Å². The van der Waals surface area contributed by atoms with Gasteiger partial charge >= 0.3 is 5.97 Å². The van der Waals surface area contributed by atoms with Gasteiger partial charge in [-0.15, -0.1) is 0 Å². The molecule has 1 rings (SSSR count). The van der Waals surface area contributed by atoms with E-state index in [1.165, 1.54) is 0 Å². The molecule has 0 saturated carbocycles. The fourth-order valence-electron chi connectivity index (χ4n) is 1.17. The zero-order valence-electron chi connectivity index (χ0n) is 8.85. The number of rotatable bonds is 4. The summed E-state index contributed by atoms with van der Waals surface area (Å²) in [6.45, 7) is 2.81. The number of amides is 1. The Kier molecular flexibility index (Phi) is 3.62.